The second-order valence-corrected chi connectivity index (χ2v) is 4.69. The van der Waals surface area contributed by atoms with Crippen molar-refractivity contribution in [3.63, 3.8) is 0 Å². The lowest BCUT2D eigenvalue weighted by molar-refractivity contribution is -0.384. The summed E-state index contributed by atoms with van der Waals surface area (Å²) in [5.74, 6) is 0. The lowest BCUT2D eigenvalue weighted by atomic mass is 9.78. The van der Waals surface area contributed by atoms with Crippen LogP contribution in [0.25, 0.3) is 0 Å². The summed E-state index contributed by atoms with van der Waals surface area (Å²) in [6.45, 7) is 3.01. The van der Waals surface area contributed by atoms with Crippen LogP contribution >= 0.6 is 0 Å². The van der Waals surface area contributed by atoms with Crippen molar-refractivity contribution in [2.75, 3.05) is 0 Å². The molecule has 0 unspecified atom stereocenters. The Hall–Kier alpha value is -1.42. The molecular weight excluding hydrogens is 204 g/mol. The van der Waals surface area contributed by atoms with Gasteiger partial charge in [0.25, 0.3) is 5.69 Å². The number of nitro groups is 1. The minimum Gasteiger partial charge on any atom is -0.307 e. The van der Waals surface area contributed by atoms with Crippen LogP contribution in [-0.2, 0) is 6.54 Å². The van der Waals surface area contributed by atoms with Crippen molar-refractivity contribution in [3.8, 4) is 0 Å². The summed E-state index contributed by atoms with van der Waals surface area (Å²) in [6, 6.07) is 6.74. The SMILES string of the molecule is CC1(NCc2ccc([N+](=O)[O-])cc2)CCC1. The van der Waals surface area contributed by atoms with Crippen molar-refractivity contribution < 1.29 is 4.92 Å². The van der Waals surface area contributed by atoms with E-state index in [-0.39, 0.29) is 16.1 Å². The molecule has 0 saturated heterocycles. The molecule has 1 aromatic carbocycles. The average molecular weight is 220 g/mol. The molecule has 0 aliphatic heterocycles. The Bertz CT molecular complexity index is 383. The highest BCUT2D eigenvalue weighted by Gasteiger charge is 2.30. The van der Waals surface area contributed by atoms with Gasteiger partial charge in [-0.3, -0.25) is 10.1 Å². The van der Waals surface area contributed by atoms with Gasteiger partial charge in [0.15, 0.2) is 0 Å². The van der Waals surface area contributed by atoms with E-state index in [9.17, 15) is 10.1 Å². The molecule has 4 heteroatoms. The highest BCUT2D eigenvalue weighted by molar-refractivity contribution is 5.32. The Morgan fingerprint density at radius 2 is 2.00 bits per heavy atom. The highest BCUT2D eigenvalue weighted by atomic mass is 16.6. The molecule has 2 rings (SSSR count). The smallest absolute Gasteiger partial charge is 0.269 e. The predicted octanol–water partition coefficient (Wildman–Crippen LogP) is 2.63. The molecule has 0 bridgehead atoms. The Morgan fingerprint density at radius 3 is 2.44 bits per heavy atom. The molecule has 1 N–H and O–H groups in total. The van der Waals surface area contributed by atoms with Crippen molar-refractivity contribution in [2.24, 2.45) is 0 Å². The topological polar surface area (TPSA) is 55.2 Å². The standard InChI is InChI=1S/C12H16N2O2/c1-12(7-2-8-12)13-9-10-3-5-11(6-4-10)14(15)16/h3-6,13H,2,7-9H2,1H3. The van der Waals surface area contributed by atoms with E-state index < -0.39 is 0 Å². The maximum atomic E-state index is 10.5. The van der Waals surface area contributed by atoms with Crippen LogP contribution in [0.15, 0.2) is 24.3 Å². The Morgan fingerprint density at radius 1 is 1.38 bits per heavy atom. The first-order valence-corrected chi connectivity index (χ1v) is 5.57. The van der Waals surface area contributed by atoms with Gasteiger partial charge in [-0.25, -0.2) is 0 Å². The molecule has 0 aromatic heterocycles. The third-order valence-electron chi connectivity index (χ3n) is 3.32. The molecule has 0 amide bonds. The van der Waals surface area contributed by atoms with Crippen LogP contribution in [0.2, 0.25) is 0 Å². The molecule has 4 nitrogen and oxygen atoms in total. The van der Waals surface area contributed by atoms with Crippen molar-refractivity contribution in [1.82, 2.24) is 5.32 Å². The zero-order valence-electron chi connectivity index (χ0n) is 9.40. The van der Waals surface area contributed by atoms with Gasteiger partial charge in [0.2, 0.25) is 0 Å². The van der Waals surface area contributed by atoms with Crippen LogP contribution in [0.5, 0.6) is 0 Å². The molecule has 86 valence electrons. The third kappa shape index (κ3) is 2.39. The van der Waals surface area contributed by atoms with Crippen LogP contribution in [-0.4, -0.2) is 10.5 Å². The van der Waals surface area contributed by atoms with Gasteiger partial charge in [-0.2, -0.15) is 0 Å². The van der Waals surface area contributed by atoms with E-state index in [1.54, 1.807) is 12.1 Å². The first-order valence-electron chi connectivity index (χ1n) is 5.57. The summed E-state index contributed by atoms with van der Waals surface area (Å²) in [6.07, 6.45) is 3.74. The molecule has 0 heterocycles. The molecule has 0 radical (unpaired) electrons. The zero-order chi connectivity index (χ0) is 11.6. The maximum Gasteiger partial charge on any atom is 0.269 e. The number of nitro benzene ring substituents is 1. The first-order chi connectivity index (χ1) is 7.59. The molecule has 16 heavy (non-hydrogen) atoms. The van der Waals surface area contributed by atoms with Crippen LogP contribution in [0.1, 0.15) is 31.7 Å². The predicted molar refractivity (Wildman–Crippen MR) is 62.2 cm³/mol. The van der Waals surface area contributed by atoms with Gasteiger partial charge >= 0.3 is 0 Å². The van der Waals surface area contributed by atoms with Crippen molar-refractivity contribution in [2.45, 2.75) is 38.3 Å². The molecule has 0 spiro atoms. The van der Waals surface area contributed by atoms with E-state index in [0.29, 0.717) is 0 Å². The maximum absolute atomic E-state index is 10.5. The van der Waals surface area contributed by atoms with Gasteiger partial charge in [-0.1, -0.05) is 12.1 Å². The minimum atomic E-state index is -0.371. The molecule has 1 aliphatic rings. The van der Waals surface area contributed by atoms with Crippen molar-refractivity contribution in [3.05, 3.63) is 39.9 Å². The molecule has 0 atom stereocenters. The number of hydrogen-bond acceptors (Lipinski definition) is 3. The summed E-state index contributed by atoms with van der Waals surface area (Å²) < 4.78 is 0. The fourth-order valence-electron chi connectivity index (χ4n) is 1.93. The van der Waals surface area contributed by atoms with Gasteiger partial charge in [0.05, 0.1) is 4.92 Å². The lowest BCUT2D eigenvalue weighted by Crippen LogP contribution is -2.47. The number of hydrogen-bond donors (Lipinski definition) is 1. The lowest BCUT2D eigenvalue weighted by Gasteiger charge is -2.39. The van der Waals surface area contributed by atoms with E-state index in [0.717, 1.165) is 12.1 Å². The first kappa shape index (κ1) is 11.1. The highest BCUT2D eigenvalue weighted by Crippen LogP contribution is 2.31. The number of nitrogens with zero attached hydrogens (tertiary/aromatic N) is 1. The van der Waals surface area contributed by atoms with Gasteiger partial charge in [-0.15, -0.1) is 0 Å². The van der Waals surface area contributed by atoms with Crippen LogP contribution in [0, 0.1) is 10.1 Å². The van der Waals surface area contributed by atoms with Crippen molar-refractivity contribution >= 4 is 5.69 Å². The summed E-state index contributed by atoms with van der Waals surface area (Å²) in [7, 11) is 0. The molecule has 1 aromatic rings. The van der Waals surface area contributed by atoms with Gasteiger partial charge in [-0.05, 0) is 31.7 Å². The zero-order valence-corrected chi connectivity index (χ0v) is 9.40. The molecule has 1 aliphatic carbocycles. The number of nitrogens with one attached hydrogen (secondary N) is 1. The third-order valence-corrected chi connectivity index (χ3v) is 3.32. The van der Waals surface area contributed by atoms with E-state index in [2.05, 4.69) is 12.2 Å². The van der Waals surface area contributed by atoms with Gasteiger partial charge < -0.3 is 5.32 Å². The van der Waals surface area contributed by atoms with Crippen LogP contribution in [0.3, 0.4) is 0 Å². The van der Waals surface area contributed by atoms with Crippen LogP contribution < -0.4 is 5.32 Å². The van der Waals surface area contributed by atoms with Crippen molar-refractivity contribution in [1.29, 1.82) is 0 Å². The second kappa shape index (κ2) is 4.22. The summed E-state index contributed by atoms with van der Waals surface area (Å²) in [4.78, 5) is 10.1. The summed E-state index contributed by atoms with van der Waals surface area (Å²) >= 11 is 0. The Kier molecular flexibility index (Phi) is 2.92. The summed E-state index contributed by atoms with van der Waals surface area (Å²) in [5.41, 5.74) is 1.53. The van der Waals surface area contributed by atoms with E-state index >= 15 is 0 Å². The quantitative estimate of drug-likeness (QED) is 0.626. The molecule has 1 saturated carbocycles. The fraction of sp³-hybridized carbons (Fsp3) is 0.500. The Balaban J connectivity index is 1.92. The average Bonchev–Trinajstić information content (AvgIpc) is 2.24. The van der Waals surface area contributed by atoms with Crippen LogP contribution in [0.4, 0.5) is 5.69 Å². The molecule has 1 fully saturated rings. The van der Waals surface area contributed by atoms with E-state index in [4.69, 9.17) is 0 Å². The van der Waals surface area contributed by atoms with Gasteiger partial charge in [0, 0.05) is 24.2 Å². The van der Waals surface area contributed by atoms with Gasteiger partial charge in [0.1, 0.15) is 0 Å². The number of rotatable bonds is 4. The van der Waals surface area contributed by atoms with E-state index in [1.807, 2.05) is 12.1 Å². The second-order valence-electron chi connectivity index (χ2n) is 4.69. The van der Waals surface area contributed by atoms with E-state index in [1.165, 1.54) is 19.3 Å². The minimum absolute atomic E-state index is 0.151. The monoisotopic (exact) mass is 220 g/mol. The normalized spacial score (nSPS) is 17.8. The largest absolute Gasteiger partial charge is 0.307 e. The Labute approximate surface area is 94.8 Å². The fourth-order valence-corrected chi connectivity index (χ4v) is 1.93. The molecular formula is C12H16N2O2. The number of benzene rings is 1. The number of non-ortho nitro benzene ring substituents is 1. The summed E-state index contributed by atoms with van der Waals surface area (Å²) in [5, 5.41) is 14.0.